The highest BCUT2D eigenvalue weighted by molar-refractivity contribution is 5.96. The van der Waals surface area contributed by atoms with Crippen molar-refractivity contribution in [2.75, 3.05) is 0 Å². The van der Waals surface area contributed by atoms with Gasteiger partial charge in [-0.3, -0.25) is 0 Å². The summed E-state index contributed by atoms with van der Waals surface area (Å²) >= 11 is 0. The SMILES string of the molecule is C=C(/C=C(\C=C(/C)c1nc(-c2cc(-c3ccccc3)cc(-c3ccccc3)c2)nc(-c2ccc3c(c2)C2(c4ccccc4-c4ccccc42)c2ccccc2-3)n1)c1ccccc1)c1ccccc1. The average Bonchev–Trinajstić information content (AvgIpc) is 3.88. The van der Waals surface area contributed by atoms with Crippen LogP contribution in [0.5, 0.6) is 0 Å². The van der Waals surface area contributed by atoms with Gasteiger partial charge in [-0.2, -0.15) is 0 Å². The van der Waals surface area contributed by atoms with Gasteiger partial charge in [0.1, 0.15) is 0 Å². The van der Waals surface area contributed by atoms with Gasteiger partial charge >= 0.3 is 0 Å². The Morgan fingerprint density at radius 2 is 0.794 bits per heavy atom. The van der Waals surface area contributed by atoms with Crippen LogP contribution < -0.4 is 0 Å². The lowest BCUT2D eigenvalue weighted by Crippen LogP contribution is -2.25. The minimum absolute atomic E-state index is 0.505. The summed E-state index contributed by atoms with van der Waals surface area (Å²) < 4.78 is 0. The molecule has 0 N–H and O–H groups in total. The molecule has 320 valence electrons. The quantitative estimate of drug-likeness (QED) is 0.136. The van der Waals surface area contributed by atoms with Crippen molar-refractivity contribution < 1.29 is 0 Å². The standard InChI is InChI=1S/C65H45N3/c1-43(45-21-7-3-8-22-45)37-50(46-23-9-4-10-24-46)38-44(2)62-66-63(68-64(67-62)53-40-51(47-25-11-5-12-26-47)39-52(41-53)48-27-13-6-14-28-48)49-35-36-57-56-31-17-20-34-60(56)65(61(57)42-49)58-32-18-15-29-54(58)55-30-16-19-33-59(55)65/h3-42H,1H2,2H3/b44-38+,50-37+. The van der Waals surface area contributed by atoms with Gasteiger partial charge in [-0.1, -0.05) is 213 Å². The van der Waals surface area contributed by atoms with Gasteiger partial charge in [0.2, 0.25) is 0 Å². The largest absolute Gasteiger partial charge is 0.209 e. The van der Waals surface area contributed by atoms with E-state index in [1.54, 1.807) is 0 Å². The molecule has 0 saturated heterocycles. The zero-order valence-corrected chi connectivity index (χ0v) is 37.6. The molecule has 0 unspecified atom stereocenters. The number of fused-ring (bicyclic) bond motifs is 10. The highest BCUT2D eigenvalue weighted by atomic mass is 15.0. The monoisotopic (exact) mass is 867 g/mol. The molecule has 0 fully saturated rings. The van der Waals surface area contributed by atoms with E-state index in [0.29, 0.717) is 17.5 Å². The van der Waals surface area contributed by atoms with Crippen molar-refractivity contribution in [1.29, 1.82) is 0 Å². The first-order valence-electron chi connectivity index (χ1n) is 23.2. The normalized spacial score (nSPS) is 13.1. The van der Waals surface area contributed by atoms with Crippen molar-refractivity contribution in [3.63, 3.8) is 0 Å². The minimum atomic E-state index is -0.505. The van der Waals surface area contributed by atoms with Crippen LogP contribution in [-0.2, 0) is 5.41 Å². The second-order valence-corrected chi connectivity index (χ2v) is 17.7. The molecule has 12 rings (SSSR count). The van der Waals surface area contributed by atoms with Crippen molar-refractivity contribution in [2.45, 2.75) is 12.3 Å². The summed E-state index contributed by atoms with van der Waals surface area (Å²) in [5, 5.41) is 0. The Kier molecular flexibility index (Phi) is 10.1. The third-order valence-electron chi connectivity index (χ3n) is 13.6. The molecule has 2 aliphatic rings. The van der Waals surface area contributed by atoms with Crippen molar-refractivity contribution in [1.82, 2.24) is 15.0 Å². The molecule has 2 aliphatic carbocycles. The van der Waals surface area contributed by atoms with Gasteiger partial charge in [-0.15, -0.1) is 0 Å². The number of aromatic nitrogens is 3. The van der Waals surface area contributed by atoms with E-state index < -0.39 is 5.41 Å². The summed E-state index contributed by atoms with van der Waals surface area (Å²) in [6.07, 6.45) is 4.34. The lowest BCUT2D eigenvalue weighted by atomic mass is 9.70. The molecule has 9 aromatic carbocycles. The van der Waals surface area contributed by atoms with Crippen LogP contribution in [0.2, 0.25) is 0 Å². The number of allylic oxidation sites excluding steroid dienone is 5. The Bertz CT molecular complexity index is 3500. The number of rotatable bonds is 9. The van der Waals surface area contributed by atoms with Gasteiger partial charge in [-0.25, -0.2) is 15.0 Å². The van der Waals surface area contributed by atoms with E-state index in [4.69, 9.17) is 15.0 Å². The lowest BCUT2D eigenvalue weighted by Gasteiger charge is -2.30. The smallest absolute Gasteiger partial charge is 0.164 e. The molecule has 0 amide bonds. The van der Waals surface area contributed by atoms with Crippen molar-refractivity contribution in [2.24, 2.45) is 0 Å². The first-order chi connectivity index (χ1) is 33.5. The number of benzene rings is 9. The van der Waals surface area contributed by atoms with E-state index in [2.05, 4.69) is 232 Å². The van der Waals surface area contributed by atoms with Gasteiger partial charge in [0.05, 0.1) is 5.41 Å². The molecule has 0 saturated carbocycles. The van der Waals surface area contributed by atoms with E-state index in [0.717, 1.165) is 61.2 Å². The van der Waals surface area contributed by atoms with Gasteiger partial charge < -0.3 is 0 Å². The first kappa shape index (κ1) is 40.7. The fourth-order valence-corrected chi connectivity index (χ4v) is 10.5. The Morgan fingerprint density at radius 3 is 1.32 bits per heavy atom. The molecule has 1 aromatic heterocycles. The molecular formula is C65H45N3. The molecule has 68 heavy (non-hydrogen) atoms. The predicted molar refractivity (Wildman–Crippen MR) is 281 cm³/mol. The van der Waals surface area contributed by atoms with Crippen LogP contribution in [0.1, 0.15) is 46.1 Å². The highest BCUT2D eigenvalue weighted by Gasteiger charge is 2.51. The summed E-state index contributed by atoms with van der Waals surface area (Å²) in [6, 6.07) is 82.1. The molecule has 3 nitrogen and oxygen atoms in total. The van der Waals surface area contributed by atoms with Crippen LogP contribution in [0.25, 0.3) is 84.0 Å². The maximum absolute atomic E-state index is 5.45. The topological polar surface area (TPSA) is 38.7 Å². The maximum Gasteiger partial charge on any atom is 0.164 e. The van der Waals surface area contributed by atoms with Gasteiger partial charge in [-0.05, 0) is 138 Å². The van der Waals surface area contributed by atoms with Crippen LogP contribution in [0.15, 0.2) is 249 Å². The summed E-state index contributed by atoms with van der Waals surface area (Å²) in [6.45, 7) is 6.60. The average molecular weight is 868 g/mol. The Balaban J connectivity index is 1.09. The molecule has 3 heteroatoms. The van der Waals surface area contributed by atoms with Gasteiger partial charge in [0.15, 0.2) is 17.5 Å². The van der Waals surface area contributed by atoms with Crippen molar-refractivity contribution in [3.8, 4) is 67.3 Å². The molecule has 0 atom stereocenters. The molecule has 1 spiro atoms. The van der Waals surface area contributed by atoms with E-state index in [9.17, 15) is 0 Å². The maximum atomic E-state index is 5.45. The van der Waals surface area contributed by atoms with E-state index in [1.807, 2.05) is 24.3 Å². The van der Waals surface area contributed by atoms with Crippen LogP contribution in [0.4, 0.5) is 0 Å². The molecule has 1 heterocycles. The Morgan fingerprint density at radius 1 is 0.368 bits per heavy atom. The Hall–Kier alpha value is -8.79. The minimum Gasteiger partial charge on any atom is -0.209 e. The van der Waals surface area contributed by atoms with E-state index in [-0.39, 0.29) is 0 Å². The van der Waals surface area contributed by atoms with E-state index in [1.165, 1.54) is 44.5 Å². The van der Waals surface area contributed by atoms with Crippen molar-refractivity contribution >= 4 is 16.7 Å². The number of nitrogens with zero attached hydrogens (tertiary/aromatic N) is 3. The zero-order valence-electron chi connectivity index (χ0n) is 37.6. The Labute approximate surface area is 397 Å². The van der Waals surface area contributed by atoms with Crippen LogP contribution in [-0.4, -0.2) is 15.0 Å². The summed E-state index contributed by atoms with van der Waals surface area (Å²) in [4.78, 5) is 16.2. The highest BCUT2D eigenvalue weighted by Crippen LogP contribution is 2.63. The van der Waals surface area contributed by atoms with E-state index >= 15 is 0 Å². The van der Waals surface area contributed by atoms with Crippen LogP contribution >= 0.6 is 0 Å². The summed E-state index contributed by atoms with van der Waals surface area (Å²) in [7, 11) is 0. The molecule has 0 radical (unpaired) electrons. The fourth-order valence-electron chi connectivity index (χ4n) is 10.5. The fraction of sp³-hybridized carbons (Fsp3) is 0.0308. The molecule has 0 bridgehead atoms. The summed E-state index contributed by atoms with van der Waals surface area (Å²) in [5.41, 5.74) is 20.8. The molecule has 10 aromatic rings. The van der Waals surface area contributed by atoms with Gasteiger partial charge in [0, 0.05) is 11.1 Å². The van der Waals surface area contributed by atoms with Gasteiger partial charge in [0.25, 0.3) is 0 Å². The predicted octanol–water partition coefficient (Wildman–Crippen LogP) is 16.1. The molecule has 0 aliphatic heterocycles. The van der Waals surface area contributed by atoms with Crippen LogP contribution in [0, 0.1) is 0 Å². The summed E-state index contributed by atoms with van der Waals surface area (Å²) in [5.74, 6) is 1.80. The van der Waals surface area contributed by atoms with Crippen molar-refractivity contribution in [3.05, 3.63) is 288 Å². The third-order valence-corrected chi connectivity index (χ3v) is 13.6. The molecular weight excluding hydrogens is 823 g/mol. The second-order valence-electron chi connectivity index (χ2n) is 17.7. The second kappa shape index (κ2) is 16.9. The lowest BCUT2D eigenvalue weighted by molar-refractivity contribution is 0.794. The first-order valence-corrected chi connectivity index (χ1v) is 23.2. The third kappa shape index (κ3) is 6.96. The van der Waals surface area contributed by atoms with Crippen LogP contribution in [0.3, 0.4) is 0 Å². The number of hydrogen-bond donors (Lipinski definition) is 0. The zero-order chi connectivity index (χ0) is 45.6. The number of hydrogen-bond acceptors (Lipinski definition) is 3.